The molecule has 9 heteroatoms. The van der Waals surface area contributed by atoms with Crippen molar-refractivity contribution in [1.29, 1.82) is 0 Å². The first-order chi connectivity index (χ1) is 33.9. The van der Waals surface area contributed by atoms with E-state index < -0.39 is 10.8 Å². The lowest BCUT2D eigenvalue weighted by atomic mass is 9.67. The van der Waals surface area contributed by atoms with E-state index in [-0.39, 0.29) is 17.6 Å². The predicted molar refractivity (Wildman–Crippen MR) is 279 cm³/mol. The molecule has 1 unspecified atom stereocenters. The number of halogens is 1. The zero-order valence-corrected chi connectivity index (χ0v) is 39.1. The Labute approximate surface area is 410 Å². The van der Waals surface area contributed by atoms with Crippen molar-refractivity contribution in [3.8, 4) is 34.5 Å². The van der Waals surface area contributed by atoms with Gasteiger partial charge in [0.15, 0.2) is 23.0 Å². The molecule has 2 spiro atoms. The highest BCUT2D eigenvalue weighted by Gasteiger charge is 2.59. The molecule has 14 rings (SSSR count). The van der Waals surface area contributed by atoms with Crippen LogP contribution >= 0.6 is 23.0 Å². The molecule has 0 fully saturated rings. The molecule has 10 aromatic carbocycles. The number of rotatable bonds is 6. The summed E-state index contributed by atoms with van der Waals surface area (Å²) in [6, 6.07) is 60.2. The number of nitrogens with zero attached hydrogens (tertiary/aromatic N) is 2. The SMILES string of the molecule is O=C1N(CCCCN2C(=O)C3(c4ccccc42)c2ccc4cc(O)ccc4c2Oc2c3ccc3cc(OI)ccc23)c2ccccc2C12c1ccc3ccccc3c1Oc1c2ccc2ccccc12. The third-order valence-corrected chi connectivity index (χ3v) is 15.6. The van der Waals surface area contributed by atoms with Gasteiger partial charge in [0.25, 0.3) is 0 Å². The molecular formula is C60H39IN2O6. The molecule has 1 N–H and O–H groups in total. The van der Waals surface area contributed by atoms with Gasteiger partial charge in [0.05, 0.1) is 0 Å². The number of phenols is 1. The van der Waals surface area contributed by atoms with Gasteiger partial charge in [-0.15, -0.1) is 0 Å². The van der Waals surface area contributed by atoms with Crippen LogP contribution in [0.1, 0.15) is 46.2 Å². The van der Waals surface area contributed by atoms with Gasteiger partial charge in [0, 0.05) is 79.4 Å². The van der Waals surface area contributed by atoms with Crippen molar-refractivity contribution in [2.75, 3.05) is 22.9 Å². The Kier molecular flexibility index (Phi) is 8.63. The van der Waals surface area contributed by atoms with Crippen LogP contribution in [0.3, 0.4) is 0 Å². The fourth-order valence-corrected chi connectivity index (χ4v) is 12.4. The molecule has 4 aliphatic rings. The molecule has 0 saturated carbocycles. The first kappa shape index (κ1) is 40.2. The molecule has 2 amide bonds. The van der Waals surface area contributed by atoms with E-state index >= 15 is 9.59 Å². The number of amides is 2. The molecule has 0 bridgehead atoms. The molecule has 0 radical (unpaired) electrons. The first-order valence-electron chi connectivity index (χ1n) is 23.3. The number of aromatic hydroxyl groups is 1. The monoisotopic (exact) mass is 1010 g/mol. The van der Waals surface area contributed by atoms with Crippen molar-refractivity contribution >= 4 is 89.3 Å². The highest BCUT2D eigenvalue weighted by Crippen LogP contribution is 2.62. The number of ether oxygens (including phenoxy) is 2. The summed E-state index contributed by atoms with van der Waals surface area (Å²) in [5.74, 6) is 3.40. The average molecular weight is 1010 g/mol. The molecule has 10 aromatic rings. The molecule has 4 aliphatic heterocycles. The number of hydrogen-bond acceptors (Lipinski definition) is 6. The number of benzene rings is 10. The maximum absolute atomic E-state index is 15.9. The van der Waals surface area contributed by atoms with Crippen LogP contribution in [0.2, 0.25) is 0 Å². The highest BCUT2D eigenvalue weighted by atomic mass is 127. The Hall–Kier alpha value is -7.89. The minimum atomic E-state index is -1.23. The summed E-state index contributed by atoms with van der Waals surface area (Å²) in [7, 11) is 0. The van der Waals surface area contributed by atoms with Crippen molar-refractivity contribution in [2.45, 2.75) is 23.7 Å². The largest absolute Gasteiger partial charge is 0.508 e. The lowest BCUT2D eigenvalue weighted by Gasteiger charge is -2.38. The number of anilines is 2. The maximum atomic E-state index is 15.9. The number of hydrogen-bond donors (Lipinski definition) is 1. The van der Waals surface area contributed by atoms with Gasteiger partial charge in [-0.1, -0.05) is 133 Å². The van der Waals surface area contributed by atoms with Crippen molar-refractivity contribution < 1.29 is 27.2 Å². The van der Waals surface area contributed by atoms with Crippen LogP contribution in [-0.2, 0) is 20.4 Å². The number of phenolic OH excluding ortho intramolecular Hbond substituents is 1. The van der Waals surface area contributed by atoms with Crippen LogP contribution < -0.4 is 22.3 Å². The molecule has 8 nitrogen and oxygen atoms in total. The summed E-state index contributed by atoms with van der Waals surface area (Å²) >= 11 is 1.89. The number of para-hydroxylation sites is 2. The fraction of sp³-hybridized carbons (Fsp3) is 0.100. The topological polar surface area (TPSA) is 88.5 Å². The normalized spacial score (nSPS) is 16.9. The Morgan fingerprint density at radius 2 is 0.841 bits per heavy atom. The van der Waals surface area contributed by atoms with Gasteiger partial charge in [-0.05, 0) is 82.9 Å². The van der Waals surface area contributed by atoms with Crippen molar-refractivity contribution in [2.24, 2.45) is 0 Å². The van der Waals surface area contributed by atoms with E-state index in [2.05, 4.69) is 66.7 Å². The fourth-order valence-electron chi connectivity index (χ4n) is 12.1. The Morgan fingerprint density at radius 1 is 0.435 bits per heavy atom. The molecule has 332 valence electrons. The maximum Gasteiger partial charge on any atom is 0.247 e. The smallest absolute Gasteiger partial charge is 0.247 e. The van der Waals surface area contributed by atoms with Crippen LogP contribution in [0.5, 0.6) is 34.5 Å². The number of unbranched alkanes of at least 4 members (excludes halogenated alkanes) is 1. The number of fused-ring (bicyclic) bond motifs is 20. The Morgan fingerprint density at radius 3 is 1.33 bits per heavy atom. The summed E-state index contributed by atoms with van der Waals surface area (Å²) in [6.07, 6.45) is 1.27. The van der Waals surface area contributed by atoms with E-state index in [0.29, 0.717) is 54.7 Å². The lowest BCUT2D eigenvalue weighted by molar-refractivity contribution is -0.121. The number of carbonyl (C=O) groups excluding carboxylic acids is 2. The predicted octanol–water partition coefficient (Wildman–Crippen LogP) is 13.8. The second kappa shape index (κ2) is 14.8. The zero-order chi connectivity index (χ0) is 46.2. The zero-order valence-electron chi connectivity index (χ0n) is 36.9. The van der Waals surface area contributed by atoms with E-state index in [0.717, 1.165) is 87.8 Å². The van der Waals surface area contributed by atoms with Gasteiger partial charge in [0.2, 0.25) is 11.8 Å². The van der Waals surface area contributed by atoms with Crippen molar-refractivity contribution in [1.82, 2.24) is 0 Å². The van der Waals surface area contributed by atoms with Crippen LogP contribution in [0, 0.1) is 0 Å². The Bertz CT molecular complexity index is 3820. The van der Waals surface area contributed by atoms with Crippen molar-refractivity contribution in [3.63, 3.8) is 0 Å². The first-order valence-corrected chi connectivity index (χ1v) is 24.1. The summed E-state index contributed by atoms with van der Waals surface area (Å²) in [6.45, 7) is 0.882. The highest BCUT2D eigenvalue weighted by molar-refractivity contribution is 14.1. The third-order valence-electron chi connectivity index (χ3n) is 15.1. The van der Waals surface area contributed by atoms with Gasteiger partial charge in [0.1, 0.15) is 45.3 Å². The summed E-state index contributed by atoms with van der Waals surface area (Å²) in [5, 5.41) is 17.9. The summed E-state index contributed by atoms with van der Waals surface area (Å²) in [5.41, 5.74) is 4.35. The molecule has 1 atom stereocenters. The second-order valence-corrected chi connectivity index (χ2v) is 18.9. The summed E-state index contributed by atoms with van der Waals surface area (Å²) < 4.78 is 19.6. The van der Waals surface area contributed by atoms with Gasteiger partial charge in [-0.2, -0.15) is 0 Å². The van der Waals surface area contributed by atoms with E-state index in [1.54, 1.807) is 12.1 Å². The Balaban J connectivity index is 0.846. The standard InChI is InChI=1S/C60H39IN2O6/c61-69-40-24-26-44-38(34-40)22-30-50-56(44)68-55-43-25-23-39(64)33-37(43)21-29-49(55)60(50)46-16-6-8-18-52(46)63(58(60)66)32-10-9-31-62-51-17-7-5-15-45(51)59(57(62)65)47-27-19-35-11-1-3-13-41(35)53(47)67-54-42-14-4-2-12-36(42)20-28-48(54)59/h1-8,11-30,33-34,64H,9-10,31-32H2. The van der Waals surface area contributed by atoms with Crippen molar-refractivity contribution in [3.05, 3.63) is 215 Å². The average Bonchev–Trinajstić information content (AvgIpc) is 3.78. The minimum absolute atomic E-state index is 0.0121. The van der Waals surface area contributed by atoms with Gasteiger partial charge in [-0.25, -0.2) is 0 Å². The summed E-state index contributed by atoms with van der Waals surface area (Å²) in [4.78, 5) is 35.7. The van der Waals surface area contributed by atoms with Gasteiger partial charge in [-0.3, -0.25) is 9.59 Å². The molecule has 4 heterocycles. The third kappa shape index (κ3) is 5.33. The quantitative estimate of drug-likeness (QED) is 0.132. The molecule has 0 aromatic heterocycles. The second-order valence-electron chi connectivity index (χ2n) is 18.4. The molecule has 0 aliphatic carbocycles. The number of carbonyl (C=O) groups is 2. The van der Waals surface area contributed by atoms with Crippen LogP contribution in [0.25, 0.3) is 43.1 Å². The molecule has 69 heavy (non-hydrogen) atoms. The van der Waals surface area contributed by atoms with E-state index in [9.17, 15) is 5.11 Å². The van der Waals surface area contributed by atoms with E-state index in [4.69, 9.17) is 12.5 Å². The molecule has 0 saturated heterocycles. The lowest BCUT2D eigenvalue weighted by Crippen LogP contribution is -2.45. The van der Waals surface area contributed by atoms with E-state index in [1.165, 1.54) is 0 Å². The van der Waals surface area contributed by atoms with Crippen LogP contribution in [-0.4, -0.2) is 30.0 Å². The van der Waals surface area contributed by atoms with E-state index in [1.807, 2.05) is 136 Å². The van der Waals surface area contributed by atoms with Crippen LogP contribution in [0.15, 0.2) is 182 Å². The van der Waals surface area contributed by atoms with Crippen LogP contribution in [0.4, 0.5) is 11.4 Å². The minimum Gasteiger partial charge on any atom is -0.508 e. The molecular weight excluding hydrogens is 972 g/mol. The van der Waals surface area contributed by atoms with Gasteiger partial charge >= 0.3 is 0 Å². The van der Waals surface area contributed by atoms with Gasteiger partial charge < -0.3 is 27.4 Å².